The molecule has 0 aromatic heterocycles. The molecule has 0 spiro atoms. The summed E-state index contributed by atoms with van der Waals surface area (Å²) in [5.41, 5.74) is -0.0188. The first kappa shape index (κ1) is 18.2. The van der Waals surface area contributed by atoms with E-state index in [-0.39, 0.29) is 28.6 Å². The van der Waals surface area contributed by atoms with Gasteiger partial charge < -0.3 is 4.74 Å². The highest BCUT2D eigenvalue weighted by atomic mass is 16.5. The molecule has 0 radical (unpaired) electrons. The molecule has 2 atom stereocenters. The van der Waals surface area contributed by atoms with Gasteiger partial charge in [-0.2, -0.15) is 0 Å². The fourth-order valence-electron chi connectivity index (χ4n) is 3.46. The third-order valence-electron chi connectivity index (χ3n) is 4.90. The number of hydrogen-bond donors (Lipinski definition) is 0. The van der Waals surface area contributed by atoms with Gasteiger partial charge in [0.25, 0.3) is 0 Å². The molecule has 1 aliphatic rings. The smallest absolute Gasteiger partial charge is 0.305 e. The number of carbonyl (C=O) groups is 2. The molecular weight excluding hydrogens is 264 g/mol. The van der Waals surface area contributed by atoms with E-state index >= 15 is 0 Å². The minimum absolute atomic E-state index is 0.00941. The Balaban J connectivity index is 2.88. The monoisotopic (exact) mass is 296 g/mol. The molecule has 21 heavy (non-hydrogen) atoms. The number of Topliss-reactive ketones (excluding diaryl/α,β-unsaturated/α-hetero) is 1. The first-order chi connectivity index (χ1) is 9.46. The van der Waals surface area contributed by atoms with E-state index in [4.69, 9.17) is 4.74 Å². The second kappa shape index (κ2) is 6.50. The molecule has 1 saturated carbocycles. The zero-order valence-corrected chi connectivity index (χ0v) is 14.8. The first-order valence-corrected chi connectivity index (χ1v) is 8.07. The quantitative estimate of drug-likeness (QED) is 0.731. The van der Waals surface area contributed by atoms with Gasteiger partial charge in [0.1, 0.15) is 5.78 Å². The average molecular weight is 296 g/mol. The minimum Gasteiger partial charge on any atom is -0.469 e. The normalized spacial score (nSPS) is 27.6. The molecule has 1 rings (SSSR count). The van der Waals surface area contributed by atoms with Crippen LogP contribution in [-0.4, -0.2) is 18.9 Å². The van der Waals surface area contributed by atoms with Crippen LogP contribution in [0.5, 0.6) is 0 Å². The highest BCUT2D eigenvalue weighted by Crippen LogP contribution is 2.47. The Labute approximate surface area is 129 Å². The number of esters is 1. The van der Waals surface area contributed by atoms with Gasteiger partial charge in [-0.25, -0.2) is 0 Å². The van der Waals surface area contributed by atoms with Crippen molar-refractivity contribution in [3.63, 3.8) is 0 Å². The van der Waals surface area contributed by atoms with Crippen molar-refractivity contribution in [2.45, 2.75) is 67.2 Å². The molecule has 1 aliphatic carbocycles. The van der Waals surface area contributed by atoms with E-state index in [1.807, 2.05) is 0 Å². The van der Waals surface area contributed by atoms with Crippen LogP contribution in [0.3, 0.4) is 0 Å². The molecule has 0 N–H and O–H groups in total. The van der Waals surface area contributed by atoms with Crippen molar-refractivity contribution in [3.05, 3.63) is 0 Å². The summed E-state index contributed by atoms with van der Waals surface area (Å²) < 4.78 is 4.74. The largest absolute Gasteiger partial charge is 0.469 e. The Kier molecular flexibility index (Phi) is 5.63. The second-order valence-electron chi connectivity index (χ2n) is 8.69. The van der Waals surface area contributed by atoms with Crippen LogP contribution in [-0.2, 0) is 14.3 Å². The maximum Gasteiger partial charge on any atom is 0.305 e. The number of ether oxygens (including phenoxy) is 1. The second-order valence-corrected chi connectivity index (χ2v) is 8.69. The topological polar surface area (TPSA) is 43.4 Å². The van der Waals surface area contributed by atoms with Gasteiger partial charge in [0.2, 0.25) is 0 Å². The van der Waals surface area contributed by atoms with E-state index in [2.05, 4.69) is 41.5 Å². The lowest BCUT2D eigenvalue weighted by molar-refractivity contribution is -0.141. The van der Waals surface area contributed by atoms with E-state index in [1.165, 1.54) is 7.11 Å². The number of methoxy groups -OCH3 is 1. The molecule has 0 amide bonds. The Hall–Kier alpha value is -0.860. The van der Waals surface area contributed by atoms with Crippen molar-refractivity contribution in [1.82, 2.24) is 0 Å². The van der Waals surface area contributed by atoms with Crippen molar-refractivity contribution in [2.75, 3.05) is 7.11 Å². The van der Waals surface area contributed by atoms with Crippen molar-refractivity contribution in [3.8, 4) is 0 Å². The van der Waals surface area contributed by atoms with Gasteiger partial charge in [-0.05, 0) is 36.0 Å². The lowest BCUT2D eigenvalue weighted by Gasteiger charge is -2.44. The summed E-state index contributed by atoms with van der Waals surface area (Å²) in [5, 5.41) is 0. The van der Waals surface area contributed by atoms with E-state index in [9.17, 15) is 9.59 Å². The zero-order chi connectivity index (χ0) is 16.4. The van der Waals surface area contributed by atoms with Crippen LogP contribution in [0.25, 0.3) is 0 Å². The third-order valence-corrected chi connectivity index (χ3v) is 4.90. The van der Waals surface area contributed by atoms with Crippen molar-refractivity contribution >= 4 is 11.8 Å². The molecular formula is C18H32O3. The summed E-state index contributed by atoms with van der Waals surface area (Å²) in [4.78, 5) is 24.3. The van der Waals surface area contributed by atoms with Crippen LogP contribution in [0.15, 0.2) is 0 Å². The fraction of sp³-hybridized carbons (Fsp3) is 0.889. The van der Waals surface area contributed by atoms with E-state index in [1.54, 1.807) is 0 Å². The lowest BCUT2D eigenvalue weighted by atomic mass is 9.59. The predicted molar refractivity (Wildman–Crippen MR) is 84.9 cm³/mol. The molecule has 122 valence electrons. The number of hydrogen-bond acceptors (Lipinski definition) is 3. The SMILES string of the molecule is COC(=O)CCC1CC(C(C)(C)C)C(=O)C(C(C)(C)C)C1. The maximum atomic E-state index is 12.9. The van der Waals surface area contributed by atoms with E-state index in [0.29, 0.717) is 18.1 Å². The van der Waals surface area contributed by atoms with Gasteiger partial charge in [0.15, 0.2) is 0 Å². The number of ketones is 1. The standard InChI is InChI=1S/C18H32O3/c1-17(2,3)13-10-12(8-9-15(19)21-7)11-14(16(13)20)18(4,5)6/h12-14H,8-11H2,1-7H3. The summed E-state index contributed by atoms with van der Waals surface area (Å²) in [7, 11) is 1.43. The van der Waals surface area contributed by atoms with Crippen LogP contribution >= 0.6 is 0 Å². The fourth-order valence-corrected chi connectivity index (χ4v) is 3.46. The first-order valence-electron chi connectivity index (χ1n) is 8.07. The van der Waals surface area contributed by atoms with E-state index in [0.717, 1.165) is 19.3 Å². The summed E-state index contributed by atoms with van der Waals surface area (Å²) in [5.74, 6) is 0.905. The highest BCUT2D eigenvalue weighted by molar-refractivity contribution is 5.85. The molecule has 0 aliphatic heterocycles. The van der Waals surface area contributed by atoms with Crippen molar-refractivity contribution < 1.29 is 14.3 Å². The van der Waals surface area contributed by atoms with Crippen LogP contribution in [0.4, 0.5) is 0 Å². The van der Waals surface area contributed by atoms with Gasteiger partial charge in [0, 0.05) is 18.3 Å². The molecule has 0 saturated heterocycles. The van der Waals surface area contributed by atoms with Crippen molar-refractivity contribution in [1.29, 1.82) is 0 Å². The zero-order valence-electron chi connectivity index (χ0n) is 14.8. The molecule has 0 aromatic rings. The highest BCUT2D eigenvalue weighted by Gasteiger charge is 2.45. The van der Waals surface area contributed by atoms with Gasteiger partial charge >= 0.3 is 5.97 Å². The van der Waals surface area contributed by atoms with Crippen molar-refractivity contribution in [2.24, 2.45) is 28.6 Å². The van der Waals surface area contributed by atoms with Gasteiger partial charge in [-0.3, -0.25) is 9.59 Å². The predicted octanol–water partition coefficient (Wildman–Crippen LogP) is 4.24. The average Bonchev–Trinajstić information content (AvgIpc) is 2.34. The molecule has 1 fully saturated rings. The Morgan fingerprint density at radius 1 is 1.05 bits per heavy atom. The molecule has 0 heterocycles. The Morgan fingerprint density at radius 3 is 1.81 bits per heavy atom. The Morgan fingerprint density at radius 2 is 1.48 bits per heavy atom. The molecule has 3 heteroatoms. The summed E-state index contributed by atoms with van der Waals surface area (Å²) in [6.07, 6.45) is 3.11. The number of rotatable bonds is 3. The number of carbonyl (C=O) groups excluding carboxylic acids is 2. The molecule has 0 aromatic carbocycles. The summed E-state index contributed by atoms with van der Waals surface area (Å²) >= 11 is 0. The summed E-state index contributed by atoms with van der Waals surface area (Å²) in [6.45, 7) is 12.9. The molecule has 3 nitrogen and oxygen atoms in total. The minimum atomic E-state index is -0.147. The van der Waals surface area contributed by atoms with Gasteiger partial charge in [-0.1, -0.05) is 41.5 Å². The lowest BCUT2D eigenvalue weighted by Crippen LogP contribution is -2.44. The van der Waals surface area contributed by atoms with Crippen LogP contribution in [0, 0.1) is 28.6 Å². The molecule has 0 bridgehead atoms. The van der Waals surface area contributed by atoms with E-state index < -0.39 is 0 Å². The third kappa shape index (κ3) is 4.82. The van der Waals surface area contributed by atoms with Crippen LogP contribution in [0.2, 0.25) is 0 Å². The Bertz CT molecular complexity index is 358. The van der Waals surface area contributed by atoms with Gasteiger partial charge in [-0.15, -0.1) is 0 Å². The molecule has 2 unspecified atom stereocenters. The van der Waals surface area contributed by atoms with Gasteiger partial charge in [0.05, 0.1) is 7.11 Å². The van der Waals surface area contributed by atoms with Crippen LogP contribution in [0.1, 0.15) is 67.2 Å². The van der Waals surface area contributed by atoms with Crippen LogP contribution < -0.4 is 0 Å². The summed E-state index contributed by atoms with van der Waals surface area (Å²) in [6, 6.07) is 0. The maximum absolute atomic E-state index is 12.9.